The van der Waals surface area contributed by atoms with Gasteiger partial charge >= 0.3 is 0 Å². The third-order valence-corrected chi connectivity index (χ3v) is 3.45. The van der Waals surface area contributed by atoms with Gasteiger partial charge in [0, 0.05) is 6.20 Å². The van der Waals surface area contributed by atoms with Crippen LogP contribution < -0.4 is 5.43 Å². The molecule has 22 heavy (non-hydrogen) atoms. The average Bonchev–Trinajstić information content (AvgIpc) is 2.85. The van der Waals surface area contributed by atoms with Gasteiger partial charge in [-0.25, -0.2) is 9.67 Å². The van der Waals surface area contributed by atoms with Gasteiger partial charge in [-0.3, -0.25) is 5.43 Å². The molecule has 1 aromatic carbocycles. The second-order valence-electron chi connectivity index (χ2n) is 4.62. The fourth-order valence-electron chi connectivity index (χ4n) is 1.99. The van der Waals surface area contributed by atoms with Crippen LogP contribution in [0.5, 0.6) is 0 Å². The first-order valence-electron chi connectivity index (χ1n) is 6.76. The summed E-state index contributed by atoms with van der Waals surface area (Å²) in [4.78, 5) is 4.13. The Morgan fingerprint density at radius 2 is 1.91 bits per heavy atom. The standard InChI is InChI=1S/C16H14ClN5/c1-12-14(11-19-20-15-9-5-6-10-18-15)16(17)22(21-12)13-7-3-2-4-8-13/h2-11H,1H3,(H,18,20)/b19-11+. The van der Waals surface area contributed by atoms with Gasteiger partial charge in [0.05, 0.1) is 23.2 Å². The number of halogens is 1. The molecule has 2 heterocycles. The Morgan fingerprint density at radius 3 is 2.64 bits per heavy atom. The van der Waals surface area contributed by atoms with Gasteiger partial charge in [0.1, 0.15) is 11.0 Å². The van der Waals surface area contributed by atoms with Crippen LogP contribution in [0.1, 0.15) is 11.3 Å². The number of nitrogens with one attached hydrogen (secondary N) is 1. The molecule has 110 valence electrons. The van der Waals surface area contributed by atoms with Crippen LogP contribution in [-0.2, 0) is 0 Å². The van der Waals surface area contributed by atoms with E-state index < -0.39 is 0 Å². The van der Waals surface area contributed by atoms with E-state index in [0.29, 0.717) is 11.0 Å². The molecular weight excluding hydrogens is 298 g/mol. The van der Waals surface area contributed by atoms with E-state index in [1.165, 1.54) is 0 Å². The van der Waals surface area contributed by atoms with Gasteiger partial charge in [0.25, 0.3) is 0 Å². The van der Waals surface area contributed by atoms with Gasteiger partial charge in [-0.15, -0.1) is 0 Å². The number of pyridine rings is 1. The fraction of sp³-hybridized carbons (Fsp3) is 0.0625. The molecule has 5 nitrogen and oxygen atoms in total. The number of hydrogen-bond donors (Lipinski definition) is 1. The number of nitrogens with zero attached hydrogens (tertiary/aromatic N) is 4. The SMILES string of the molecule is Cc1nn(-c2ccccc2)c(Cl)c1/C=N/Nc1ccccn1. The molecule has 0 aliphatic carbocycles. The molecule has 0 fully saturated rings. The van der Waals surface area contributed by atoms with Crippen LogP contribution in [-0.4, -0.2) is 21.0 Å². The number of anilines is 1. The zero-order valence-electron chi connectivity index (χ0n) is 11.9. The Bertz CT molecular complexity index is 781. The topological polar surface area (TPSA) is 55.1 Å². The van der Waals surface area contributed by atoms with E-state index in [9.17, 15) is 0 Å². The van der Waals surface area contributed by atoms with E-state index >= 15 is 0 Å². The predicted octanol–water partition coefficient (Wildman–Crippen LogP) is 3.68. The molecule has 0 aliphatic heterocycles. The lowest BCUT2D eigenvalue weighted by molar-refractivity contribution is 0.863. The highest BCUT2D eigenvalue weighted by molar-refractivity contribution is 6.32. The molecular formula is C16H14ClN5. The van der Waals surface area contributed by atoms with Gasteiger partial charge in [0.15, 0.2) is 0 Å². The van der Waals surface area contributed by atoms with Crippen LogP contribution in [0.3, 0.4) is 0 Å². The van der Waals surface area contributed by atoms with Crippen LogP contribution in [0.4, 0.5) is 5.82 Å². The van der Waals surface area contributed by atoms with Crippen molar-refractivity contribution < 1.29 is 0 Å². The van der Waals surface area contributed by atoms with Crippen molar-refractivity contribution in [3.8, 4) is 5.69 Å². The molecule has 3 aromatic rings. The third kappa shape index (κ3) is 2.99. The van der Waals surface area contributed by atoms with E-state index in [0.717, 1.165) is 16.9 Å². The summed E-state index contributed by atoms with van der Waals surface area (Å²) in [6.07, 6.45) is 3.35. The van der Waals surface area contributed by atoms with Gasteiger partial charge in [-0.05, 0) is 31.2 Å². The summed E-state index contributed by atoms with van der Waals surface area (Å²) in [6, 6.07) is 15.3. The quantitative estimate of drug-likeness (QED) is 0.591. The Balaban J connectivity index is 1.84. The minimum atomic E-state index is 0.523. The van der Waals surface area contributed by atoms with Gasteiger partial charge in [-0.2, -0.15) is 10.2 Å². The highest BCUT2D eigenvalue weighted by atomic mass is 35.5. The number of hydrogen-bond acceptors (Lipinski definition) is 4. The van der Waals surface area contributed by atoms with Gasteiger partial charge in [-0.1, -0.05) is 35.9 Å². The van der Waals surface area contributed by atoms with E-state index in [1.807, 2.05) is 55.5 Å². The van der Waals surface area contributed by atoms with Crippen LogP contribution in [0.2, 0.25) is 5.15 Å². The normalized spacial score (nSPS) is 11.0. The first kappa shape index (κ1) is 14.3. The Hall–Kier alpha value is -2.66. The predicted molar refractivity (Wildman–Crippen MR) is 88.8 cm³/mol. The molecule has 0 bridgehead atoms. The van der Waals surface area contributed by atoms with E-state index in [2.05, 4.69) is 20.6 Å². The molecule has 0 amide bonds. The van der Waals surface area contributed by atoms with Crippen LogP contribution in [0.25, 0.3) is 5.69 Å². The highest BCUT2D eigenvalue weighted by Crippen LogP contribution is 2.21. The first-order valence-corrected chi connectivity index (χ1v) is 7.14. The molecule has 0 saturated carbocycles. The number of aryl methyl sites for hydroxylation is 1. The van der Waals surface area contributed by atoms with Crippen molar-refractivity contribution in [1.29, 1.82) is 0 Å². The maximum Gasteiger partial charge on any atom is 0.146 e. The maximum absolute atomic E-state index is 6.41. The van der Waals surface area contributed by atoms with Gasteiger partial charge < -0.3 is 0 Å². The Morgan fingerprint density at radius 1 is 1.14 bits per heavy atom. The molecule has 0 unspecified atom stereocenters. The number of benzene rings is 1. The van der Waals surface area contributed by atoms with Crippen molar-refractivity contribution in [2.45, 2.75) is 6.92 Å². The van der Waals surface area contributed by atoms with Crippen molar-refractivity contribution >= 4 is 23.6 Å². The molecule has 0 aliphatic rings. The third-order valence-electron chi connectivity index (χ3n) is 3.09. The van der Waals surface area contributed by atoms with Crippen LogP contribution in [0.15, 0.2) is 59.8 Å². The number of aromatic nitrogens is 3. The van der Waals surface area contributed by atoms with Crippen molar-refractivity contribution in [1.82, 2.24) is 14.8 Å². The van der Waals surface area contributed by atoms with Crippen molar-refractivity contribution in [2.75, 3.05) is 5.43 Å². The molecule has 0 spiro atoms. The summed E-state index contributed by atoms with van der Waals surface area (Å²) >= 11 is 6.41. The second kappa shape index (κ2) is 6.41. The lowest BCUT2D eigenvalue weighted by atomic mass is 10.3. The largest absolute Gasteiger partial charge is 0.261 e. The Kier molecular flexibility index (Phi) is 4.16. The van der Waals surface area contributed by atoms with Crippen molar-refractivity contribution in [3.05, 3.63) is 71.1 Å². The minimum Gasteiger partial charge on any atom is -0.261 e. The van der Waals surface area contributed by atoms with Crippen LogP contribution in [0, 0.1) is 6.92 Å². The average molecular weight is 312 g/mol. The maximum atomic E-state index is 6.41. The van der Waals surface area contributed by atoms with Crippen molar-refractivity contribution in [2.24, 2.45) is 5.10 Å². The van der Waals surface area contributed by atoms with Crippen molar-refractivity contribution in [3.63, 3.8) is 0 Å². The van der Waals surface area contributed by atoms with E-state index in [4.69, 9.17) is 11.6 Å². The molecule has 2 aromatic heterocycles. The number of rotatable bonds is 4. The smallest absolute Gasteiger partial charge is 0.146 e. The summed E-state index contributed by atoms with van der Waals surface area (Å²) < 4.78 is 1.69. The zero-order chi connectivity index (χ0) is 15.4. The molecule has 1 N–H and O–H groups in total. The summed E-state index contributed by atoms with van der Waals surface area (Å²) in [6.45, 7) is 1.90. The van der Waals surface area contributed by atoms with E-state index in [-0.39, 0.29) is 0 Å². The minimum absolute atomic E-state index is 0.523. The molecule has 6 heteroatoms. The lowest BCUT2D eigenvalue weighted by Gasteiger charge is -2.02. The molecule has 3 rings (SSSR count). The number of para-hydroxylation sites is 1. The van der Waals surface area contributed by atoms with Crippen LogP contribution >= 0.6 is 11.6 Å². The second-order valence-corrected chi connectivity index (χ2v) is 4.98. The molecule has 0 atom stereocenters. The Labute approximate surface area is 133 Å². The summed E-state index contributed by atoms with van der Waals surface area (Å²) in [5.74, 6) is 0.669. The summed E-state index contributed by atoms with van der Waals surface area (Å²) in [7, 11) is 0. The summed E-state index contributed by atoms with van der Waals surface area (Å²) in [5, 5.41) is 9.14. The lowest BCUT2D eigenvalue weighted by Crippen LogP contribution is -1.96. The fourth-order valence-corrected chi connectivity index (χ4v) is 2.31. The summed E-state index contributed by atoms with van der Waals surface area (Å²) in [5.41, 5.74) is 5.35. The molecule has 0 radical (unpaired) electrons. The zero-order valence-corrected chi connectivity index (χ0v) is 12.7. The number of hydrazone groups is 1. The monoisotopic (exact) mass is 311 g/mol. The highest BCUT2D eigenvalue weighted by Gasteiger charge is 2.12. The van der Waals surface area contributed by atoms with E-state index in [1.54, 1.807) is 17.1 Å². The van der Waals surface area contributed by atoms with Gasteiger partial charge in [0.2, 0.25) is 0 Å². The molecule has 0 saturated heterocycles. The first-order chi connectivity index (χ1) is 10.8.